The van der Waals surface area contributed by atoms with Crippen molar-refractivity contribution in [1.29, 1.82) is 0 Å². The molecule has 0 amide bonds. The van der Waals surface area contributed by atoms with Gasteiger partial charge in [-0.15, -0.1) is 11.3 Å². The summed E-state index contributed by atoms with van der Waals surface area (Å²) in [6.45, 7) is 3.73. The maximum Gasteiger partial charge on any atom is 0.348 e. The van der Waals surface area contributed by atoms with E-state index in [1.54, 1.807) is 26.3 Å². The van der Waals surface area contributed by atoms with Gasteiger partial charge in [-0.05, 0) is 31.5 Å². The fraction of sp³-hybridized carbons (Fsp3) is 0.150. The van der Waals surface area contributed by atoms with Gasteiger partial charge in [-0.25, -0.2) is 9.78 Å². The molecule has 1 aromatic carbocycles. The van der Waals surface area contributed by atoms with Gasteiger partial charge in [0.2, 0.25) is 0 Å². The number of ether oxygens (including phenoxy) is 1. The molecule has 0 fully saturated rings. The molecule has 140 valence electrons. The van der Waals surface area contributed by atoms with Gasteiger partial charge in [0.25, 0.3) is 5.56 Å². The van der Waals surface area contributed by atoms with Gasteiger partial charge in [0.1, 0.15) is 16.0 Å². The van der Waals surface area contributed by atoms with Crippen LogP contribution in [0, 0.1) is 6.92 Å². The Morgan fingerprint density at radius 2 is 2.14 bits per heavy atom. The van der Waals surface area contributed by atoms with Crippen LogP contribution in [0.1, 0.15) is 27.7 Å². The quantitative estimate of drug-likeness (QED) is 0.393. The van der Waals surface area contributed by atoms with E-state index in [1.807, 2.05) is 30.3 Å². The van der Waals surface area contributed by atoms with Crippen LogP contribution in [0.25, 0.3) is 21.1 Å². The molecule has 0 saturated carbocycles. The van der Waals surface area contributed by atoms with Crippen LogP contribution in [0.3, 0.4) is 0 Å². The Labute approximate surface area is 163 Å². The Hall–Kier alpha value is -3.39. The molecule has 0 unspecified atom stereocenters. The highest BCUT2D eigenvalue weighted by Crippen LogP contribution is 2.27. The number of aromatic nitrogens is 3. The average Bonchev–Trinajstić information content (AvgIpc) is 3.05. The summed E-state index contributed by atoms with van der Waals surface area (Å²) < 4.78 is 6.23. The first kappa shape index (κ1) is 18.0. The van der Waals surface area contributed by atoms with E-state index >= 15 is 0 Å². The summed E-state index contributed by atoms with van der Waals surface area (Å²) in [4.78, 5) is 34.5. The summed E-state index contributed by atoms with van der Waals surface area (Å²) in [5, 5.41) is 5.60. The molecular weight excluding hydrogens is 376 g/mol. The lowest BCUT2D eigenvalue weighted by Gasteiger charge is -2.02. The second-order valence-electron chi connectivity index (χ2n) is 6.01. The van der Waals surface area contributed by atoms with Crippen LogP contribution in [-0.4, -0.2) is 33.4 Å². The lowest BCUT2D eigenvalue weighted by Crippen LogP contribution is -2.17. The van der Waals surface area contributed by atoms with E-state index in [1.165, 1.54) is 11.0 Å². The largest absolute Gasteiger partial charge is 0.462 e. The van der Waals surface area contributed by atoms with Crippen molar-refractivity contribution in [3.05, 3.63) is 69.2 Å². The zero-order chi connectivity index (χ0) is 19.7. The van der Waals surface area contributed by atoms with Crippen molar-refractivity contribution >= 4 is 44.6 Å². The van der Waals surface area contributed by atoms with Crippen LogP contribution in [-0.2, 0) is 4.74 Å². The second-order valence-corrected chi connectivity index (χ2v) is 7.01. The molecule has 0 aliphatic carbocycles. The molecule has 0 bridgehead atoms. The van der Waals surface area contributed by atoms with Gasteiger partial charge in [-0.3, -0.25) is 9.78 Å². The third-order valence-electron chi connectivity index (χ3n) is 4.30. The number of benzene rings is 1. The summed E-state index contributed by atoms with van der Waals surface area (Å²) in [5.74, 6) is -0.444. The maximum absolute atomic E-state index is 12.9. The van der Waals surface area contributed by atoms with Gasteiger partial charge in [0.05, 0.1) is 23.7 Å². The molecule has 3 heterocycles. The minimum atomic E-state index is -0.444. The SMILES string of the molecule is CCOC(=O)c1sc2ncn(/N=C/c3cccc4ncccc34)c(=O)c2c1C. The summed E-state index contributed by atoms with van der Waals surface area (Å²) in [5.41, 5.74) is 1.92. The Morgan fingerprint density at radius 3 is 2.96 bits per heavy atom. The number of nitrogens with zero attached hydrogens (tertiary/aromatic N) is 4. The molecule has 0 aliphatic heterocycles. The van der Waals surface area contributed by atoms with Crippen LogP contribution in [0.4, 0.5) is 0 Å². The molecule has 28 heavy (non-hydrogen) atoms. The molecular formula is C20H16N4O3S. The highest BCUT2D eigenvalue weighted by molar-refractivity contribution is 7.20. The van der Waals surface area contributed by atoms with Crippen molar-refractivity contribution in [3.63, 3.8) is 0 Å². The third kappa shape index (κ3) is 3.07. The van der Waals surface area contributed by atoms with Crippen molar-refractivity contribution in [2.24, 2.45) is 5.10 Å². The van der Waals surface area contributed by atoms with E-state index in [2.05, 4.69) is 15.1 Å². The lowest BCUT2D eigenvalue weighted by molar-refractivity contribution is 0.0531. The highest BCUT2D eigenvalue weighted by atomic mass is 32.1. The molecule has 0 spiro atoms. The predicted molar refractivity (Wildman–Crippen MR) is 109 cm³/mol. The zero-order valence-corrected chi connectivity index (χ0v) is 16.1. The van der Waals surface area contributed by atoms with Crippen LogP contribution >= 0.6 is 11.3 Å². The van der Waals surface area contributed by atoms with Gasteiger partial charge in [0.15, 0.2) is 0 Å². The summed E-state index contributed by atoms with van der Waals surface area (Å²) in [7, 11) is 0. The number of fused-ring (bicyclic) bond motifs is 2. The van der Waals surface area contributed by atoms with Gasteiger partial charge < -0.3 is 4.74 Å². The smallest absolute Gasteiger partial charge is 0.348 e. The molecule has 4 rings (SSSR count). The Balaban J connectivity index is 1.78. The van der Waals surface area contributed by atoms with Gasteiger partial charge in [-0.2, -0.15) is 9.78 Å². The first-order valence-corrected chi connectivity index (χ1v) is 9.47. The number of thiophene rings is 1. The molecule has 0 saturated heterocycles. The first-order chi connectivity index (χ1) is 13.6. The number of aryl methyl sites for hydroxylation is 1. The van der Waals surface area contributed by atoms with Crippen molar-refractivity contribution in [2.45, 2.75) is 13.8 Å². The Morgan fingerprint density at radius 1 is 1.29 bits per heavy atom. The number of hydrogen-bond acceptors (Lipinski definition) is 7. The molecule has 0 radical (unpaired) electrons. The monoisotopic (exact) mass is 392 g/mol. The minimum Gasteiger partial charge on any atom is -0.462 e. The Kier molecular flexibility index (Phi) is 4.70. The number of rotatable bonds is 4. The van der Waals surface area contributed by atoms with Crippen LogP contribution in [0.2, 0.25) is 0 Å². The van der Waals surface area contributed by atoms with Gasteiger partial charge >= 0.3 is 5.97 Å². The van der Waals surface area contributed by atoms with E-state index in [0.717, 1.165) is 27.8 Å². The highest BCUT2D eigenvalue weighted by Gasteiger charge is 2.20. The molecule has 0 N–H and O–H groups in total. The summed E-state index contributed by atoms with van der Waals surface area (Å²) in [6.07, 6.45) is 4.69. The predicted octanol–water partition coefficient (Wildman–Crippen LogP) is 3.37. The molecule has 8 heteroatoms. The Bertz CT molecular complexity index is 1280. The van der Waals surface area contributed by atoms with E-state index < -0.39 is 5.97 Å². The topological polar surface area (TPSA) is 86.4 Å². The summed E-state index contributed by atoms with van der Waals surface area (Å²) >= 11 is 1.15. The van der Waals surface area contributed by atoms with Gasteiger partial charge in [0, 0.05) is 17.1 Å². The van der Waals surface area contributed by atoms with E-state index in [0.29, 0.717) is 20.7 Å². The van der Waals surface area contributed by atoms with Crippen LogP contribution < -0.4 is 5.56 Å². The van der Waals surface area contributed by atoms with Crippen molar-refractivity contribution < 1.29 is 9.53 Å². The summed E-state index contributed by atoms with van der Waals surface area (Å²) in [6, 6.07) is 9.50. The van der Waals surface area contributed by atoms with Crippen molar-refractivity contribution in [3.8, 4) is 0 Å². The second kappa shape index (κ2) is 7.32. The first-order valence-electron chi connectivity index (χ1n) is 8.66. The minimum absolute atomic E-state index is 0.272. The van der Waals surface area contributed by atoms with E-state index in [4.69, 9.17) is 4.74 Å². The third-order valence-corrected chi connectivity index (χ3v) is 5.48. The van der Waals surface area contributed by atoms with Crippen LogP contribution in [0.5, 0.6) is 0 Å². The fourth-order valence-electron chi connectivity index (χ4n) is 2.95. The molecule has 3 aromatic heterocycles. The lowest BCUT2D eigenvalue weighted by atomic mass is 10.1. The number of esters is 1. The zero-order valence-electron chi connectivity index (χ0n) is 15.2. The molecule has 4 aromatic rings. The molecule has 0 aliphatic rings. The van der Waals surface area contributed by atoms with Crippen LogP contribution in [0.15, 0.2) is 52.8 Å². The maximum atomic E-state index is 12.9. The number of carbonyl (C=O) groups excluding carboxylic acids is 1. The molecule has 7 nitrogen and oxygen atoms in total. The van der Waals surface area contributed by atoms with Crippen molar-refractivity contribution in [1.82, 2.24) is 14.6 Å². The molecule has 0 atom stereocenters. The van der Waals surface area contributed by atoms with E-state index in [-0.39, 0.29) is 12.2 Å². The standard InChI is InChI=1S/C20H16N4O3S/c1-3-27-20(26)17-12(2)16-18(28-17)22-11-24(19(16)25)23-10-13-6-4-8-15-14(13)7-5-9-21-15/h4-11H,3H2,1-2H3/b23-10+. The van der Waals surface area contributed by atoms with Crippen molar-refractivity contribution in [2.75, 3.05) is 6.61 Å². The normalized spacial score (nSPS) is 11.5. The van der Waals surface area contributed by atoms with Gasteiger partial charge in [-0.1, -0.05) is 18.2 Å². The average molecular weight is 392 g/mol. The van der Waals surface area contributed by atoms with E-state index in [9.17, 15) is 9.59 Å². The number of carbonyl (C=O) groups is 1. The fourth-order valence-corrected chi connectivity index (χ4v) is 3.99. The number of pyridine rings is 1. The number of hydrogen-bond donors (Lipinski definition) is 0.